The van der Waals surface area contributed by atoms with Gasteiger partial charge in [0.05, 0.1) is 14.2 Å². The van der Waals surface area contributed by atoms with E-state index in [2.05, 4.69) is 28.2 Å². The fourth-order valence-corrected chi connectivity index (χ4v) is 3.29. The maximum atomic E-state index is 6.25. The van der Waals surface area contributed by atoms with Gasteiger partial charge in [-0.15, -0.1) is 0 Å². The van der Waals surface area contributed by atoms with Crippen LogP contribution >= 0.6 is 39.1 Å². The second-order valence-corrected chi connectivity index (χ2v) is 6.76. The highest BCUT2D eigenvalue weighted by Crippen LogP contribution is 2.34. The molecular weight excluding hydrogens is 401 g/mol. The Hall–Kier alpha value is -0.940. The predicted octanol–water partition coefficient (Wildman–Crippen LogP) is 5.62. The van der Waals surface area contributed by atoms with Gasteiger partial charge in [0.1, 0.15) is 0 Å². The second-order valence-electron chi connectivity index (χ2n) is 5.07. The lowest BCUT2D eigenvalue weighted by Crippen LogP contribution is -2.18. The fraction of sp³-hybridized carbons (Fsp3) is 0.294. The van der Waals surface area contributed by atoms with Gasteiger partial charge in [-0.3, -0.25) is 0 Å². The predicted molar refractivity (Wildman–Crippen MR) is 99.0 cm³/mol. The van der Waals surface area contributed by atoms with E-state index < -0.39 is 0 Å². The van der Waals surface area contributed by atoms with Gasteiger partial charge >= 0.3 is 0 Å². The van der Waals surface area contributed by atoms with Crippen molar-refractivity contribution in [3.05, 3.63) is 56.0 Å². The average Bonchev–Trinajstić information content (AvgIpc) is 2.53. The van der Waals surface area contributed by atoms with E-state index in [1.54, 1.807) is 20.3 Å². The molecule has 0 aliphatic carbocycles. The van der Waals surface area contributed by atoms with Crippen molar-refractivity contribution in [3.8, 4) is 11.5 Å². The molecule has 0 amide bonds. The first-order valence-corrected chi connectivity index (χ1v) is 8.60. The lowest BCUT2D eigenvalue weighted by atomic mass is 10.1. The molecule has 3 nitrogen and oxygen atoms in total. The summed E-state index contributed by atoms with van der Waals surface area (Å²) in [5.74, 6) is 1.39. The molecule has 0 spiro atoms. The maximum Gasteiger partial charge on any atom is 0.161 e. The van der Waals surface area contributed by atoms with Gasteiger partial charge in [0.2, 0.25) is 0 Å². The lowest BCUT2D eigenvalue weighted by Gasteiger charge is -2.18. The van der Waals surface area contributed by atoms with Crippen LogP contribution in [0.3, 0.4) is 0 Å². The summed E-state index contributed by atoms with van der Waals surface area (Å²) >= 11 is 15.8. The molecule has 0 bridgehead atoms. The van der Waals surface area contributed by atoms with Crippen molar-refractivity contribution in [3.63, 3.8) is 0 Å². The first-order valence-electron chi connectivity index (χ1n) is 7.05. The minimum Gasteiger partial charge on any atom is -0.493 e. The summed E-state index contributed by atoms with van der Waals surface area (Å²) in [6.07, 6.45) is 0. The number of halogens is 3. The number of hydrogen-bond donors (Lipinski definition) is 1. The highest BCUT2D eigenvalue weighted by Gasteiger charge is 2.13. The Kier molecular flexibility index (Phi) is 6.60. The van der Waals surface area contributed by atoms with Gasteiger partial charge in [0.25, 0.3) is 0 Å². The summed E-state index contributed by atoms with van der Waals surface area (Å²) in [5.41, 5.74) is 2.08. The number of nitrogens with one attached hydrogen (secondary N) is 1. The molecule has 0 aromatic heterocycles. The molecule has 0 unspecified atom stereocenters. The Bertz CT molecular complexity index is 695. The fourth-order valence-electron chi connectivity index (χ4n) is 2.26. The molecule has 0 fully saturated rings. The summed E-state index contributed by atoms with van der Waals surface area (Å²) in [7, 11) is 3.24. The summed E-state index contributed by atoms with van der Waals surface area (Å²) in [6, 6.07) is 9.46. The largest absolute Gasteiger partial charge is 0.493 e. The number of hydrogen-bond acceptors (Lipinski definition) is 3. The van der Waals surface area contributed by atoms with Gasteiger partial charge in [0.15, 0.2) is 11.5 Å². The number of methoxy groups -OCH3 is 2. The molecule has 2 rings (SSSR count). The molecule has 1 atom stereocenters. The molecule has 23 heavy (non-hydrogen) atoms. The van der Waals surface area contributed by atoms with Crippen molar-refractivity contribution < 1.29 is 9.47 Å². The minimum absolute atomic E-state index is 0.0831. The maximum absolute atomic E-state index is 6.25. The van der Waals surface area contributed by atoms with Crippen LogP contribution in [0.4, 0.5) is 0 Å². The molecule has 0 aliphatic heterocycles. The molecule has 0 saturated heterocycles. The Morgan fingerprint density at radius 2 is 1.74 bits per heavy atom. The van der Waals surface area contributed by atoms with Crippen LogP contribution in [-0.4, -0.2) is 14.2 Å². The zero-order chi connectivity index (χ0) is 17.0. The van der Waals surface area contributed by atoms with E-state index in [1.165, 1.54) is 0 Å². The summed E-state index contributed by atoms with van der Waals surface area (Å²) in [5, 5.41) is 4.74. The number of ether oxygens (including phenoxy) is 2. The van der Waals surface area contributed by atoms with Crippen molar-refractivity contribution in [2.24, 2.45) is 0 Å². The van der Waals surface area contributed by atoms with E-state index in [0.717, 1.165) is 15.6 Å². The topological polar surface area (TPSA) is 30.5 Å². The Morgan fingerprint density at radius 1 is 1.09 bits per heavy atom. The van der Waals surface area contributed by atoms with Gasteiger partial charge < -0.3 is 14.8 Å². The molecule has 0 heterocycles. The third kappa shape index (κ3) is 4.54. The average molecular weight is 419 g/mol. The van der Waals surface area contributed by atoms with Gasteiger partial charge in [-0.05, 0) is 42.3 Å². The highest BCUT2D eigenvalue weighted by atomic mass is 79.9. The van der Waals surface area contributed by atoms with E-state index >= 15 is 0 Å². The van der Waals surface area contributed by atoms with Crippen LogP contribution in [0, 0.1) is 0 Å². The molecule has 0 aliphatic rings. The van der Waals surface area contributed by atoms with E-state index in [4.69, 9.17) is 32.7 Å². The van der Waals surface area contributed by atoms with Crippen LogP contribution in [0.5, 0.6) is 11.5 Å². The van der Waals surface area contributed by atoms with Crippen molar-refractivity contribution in [1.29, 1.82) is 0 Å². The van der Waals surface area contributed by atoms with E-state index in [1.807, 2.05) is 24.3 Å². The first kappa shape index (κ1) is 18.4. The molecule has 0 saturated carbocycles. The standard InChI is InChI=1S/C17H18BrCl2NO2/c1-10(13-5-4-12(19)7-15(13)20)21-9-11-6-16(22-2)17(23-3)8-14(11)18/h4-8,10,21H,9H2,1-3H3/t10-/m1/s1. The quantitative estimate of drug-likeness (QED) is 0.659. The van der Waals surface area contributed by atoms with Crippen molar-refractivity contribution in [1.82, 2.24) is 5.32 Å². The molecule has 0 radical (unpaired) electrons. The molecule has 6 heteroatoms. The summed E-state index contributed by atoms with van der Waals surface area (Å²) < 4.78 is 11.6. The number of benzene rings is 2. The number of rotatable bonds is 6. The van der Waals surface area contributed by atoms with Gasteiger partial charge in [0, 0.05) is 27.1 Å². The van der Waals surface area contributed by atoms with Crippen LogP contribution in [0.15, 0.2) is 34.8 Å². The Morgan fingerprint density at radius 3 is 2.35 bits per heavy atom. The third-order valence-corrected chi connectivity index (χ3v) is 4.88. The van der Waals surface area contributed by atoms with Crippen LogP contribution in [0.1, 0.15) is 24.1 Å². The lowest BCUT2D eigenvalue weighted by molar-refractivity contribution is 0.354. The van der Waals surface area contributed by atoms with Gasteiger partial charge in [-0.2, -0.15) is 0 Å². The third-order valence-electron chi connectivity index (χ3n) is 3.58. The van der Waals surface area contributed by atoms with Crippen molar-refractivity contribution in [2.75, 3.05) is 14.2 Å². The van der Waals surface area contributed by atoms with E-state index in [-0.39, 0.29) is 6.04 Å². The molecule has 124 valence electrons. The van der Waals surface area contributed by atoms with Crippen LogP contribution < -0.4 is 14.8 Å². The first-order chi connectivity index (χ1) is 11.0. The molecule has 1 N–H and O–H groups in total. The Balaban J connectivity index is 2.14. The monoisotopic (exact) mass is 417 g/mol. The van der Waals surface area contributed by atoms with Gasteiger partial charge in [-0.25, -0.2) is 0 Å². The SMILES string of the molecule is COc1cc(Br)c(CN[C@H](C)c2ccc(Cl)cc2Cl)cc1OC. The van der Waals surface area contributed by atoms with E-state index in [0.29, 0.717) is 28.1 Å². The molecular formula is C17H18BrCl2NO2. The van der Waals surface area contributed by atoms with Crippen molar-refractivity contribution in [2.45, 2.75) is 19.5 Å². The normalized spacial score (nSPS) is 12.1. The second kappa shape index (κ2) is 8.25. The van der Waals surface area contributed by atoms with Crippen LogP contribution in [0.2, 0.25) is 10.0 Å². The van der Waals surface area contributed by atoms with Gasteiger partial charge in [-0.1, -0.05) is 45.2 Å². The zero-order valence-electron chi connectivity index (χ0n) is 13.1. The zero-order valence-corrected chi connectivity index (χ0v) is 16.2. The summed E-state index contributed by atoms with van der Waals surface area (Å²) in [4.78, 5) is 0. The smallest absolute Gasteiger partial charge is 0.161 e. The highest BCUT2D eigenvalue weighted by molar-refractivity contribution is 9.10. The Labute approximate surface area is 155 Å². The van der Waals surface area contributed by atoms with Crippen molar-refractivity contribution >= 4 is 39.1 Å². The van der Waals surface area contributed by atoms with Crippen LogP contribution in [0.25, 0.3) is 0 Å². The van der Waals surface area contributed by atoms with Crippen LogP contribution in [-0.2, 0) is 6.54 Å². The minimum atomic E-state index is 0.0831. The summed E-state index contributed by atoms with van der Waals surface area (Å²) in [6.45, 7) is 2.71. The van der Waals surface area contributed by atoms with E-state index in [9.17, 15) is 0 Å². The molecule has 2 aromatic carbocycles. The molecule has 2 aromatic rings.